The summed E-state index contributed by atoms with van der Waals surface area (Å²) in [5.41, 5.74) is 1.17. The van der Waals surface area contributed by atoms with Gasteiger partial charge in [-0.3, -0.25) is 4.79 Å². The molecule has 0 aliphatic rings. The summed E-state index contributed by atoms with van der Waals surface area (Å²) in [5, 5.41) is 0. The molecule has 0 unspecified atom stereocenters. The second kappa shape index (κ2) is 4.31. The van der Waals surface area contributed by atoms with Gasteiger partial charge in [-0.2, -0.15) is 0 Å². The first-order valence-corrected chi connectivity index (χ1v) is 5.17. The van der Waals surface area contributed by atoms with Gasteiger partial charge in [0.05, 0.1) is 0 Å². The zero-order valence-corrected chi connectivity index (χ0v) is 8.98. The Morgan fingerprint density at radius 1 is 1.19 bits per heavy atom. The number of hydrogen-bond donors (Lipinski definition) is 0. The lowest BCUT2D eigenvalue weighted by molar-refractivity contribution is 0.630. The van der Waals surface area contributed by atoms with Crippen molar-refractivity contribution >= 4 is 0 Å². The Hall–Kier alpha value is -1.90. The molecule has 0 spiro atoms. The summed E-state index contributed by atoms with van der Waals surface area (Å²) >= 11 is 0. The van der Waals surface area contributed by atoms with E-state index in [4.69, 9.17) is 0 Å². The molecule has 0 amide bonds. The second-order valence-corrected chi connectivity index (χ2v) is 3.52. The highest BCUT2D eigenvalue weighted by Gasteiger charge is 2.04. The minimum absolute atomic E-state index is 0.0670. The van der Waals surface area contributed by atoms with Crippen LogP contribution in [0.3, 0.4) is 0 Å². The van der Waals surface area contributed by atoms with Gasteiger partial charge in [0.15, 0.2) is 0 Å². The molecule has 0 aliphatic heterocycles. The third kappa shape index (κ3) is 1.89. The molecule has 3 heteroatoms. The van der Waals surface area contributed by atoms with Crippen LogP contribution in [0.5, 0.6) is 0 Å². The van der Waals surface area contributed by atoms with Crippen LogP contribution in [0, 0.1) is 5.82 Å². The summed E-state index contributed by atoms with van der Waals surface area (Å²) < 4.78 is 15.1. The number of aromatic nitrogens is 1. The lowest BCUT2D eigenvalue weighted by atomic mass is 10.1. The topological polar surface area (TPSA) is 22.0 Å². The maximum atomic E-state index is 13.5. The van der Waals surface area contributed by atoms with Gasteiger partial charge in [-0.25, -0.2) is 4.39 Å². The summed E-state index contributed by atoms with van der Waals surface area (Å²) in [6.45, 7) is 2.47. The molecule has 0 N–H and O–H groups in total. The van der Waals surface area contributed by atoms with Gasteiger partial charge in [-0.15, -0.1) is 0 Å². The Bertz CT molecular complexity index is 560. The Morgan fingerprint density at radius 2 is 1.94 bits per heavy atom. The van der Waals surface area contributed by atoms with Crippen LogP contribution in [0.15, 0.2) is 47.4 Å². The van der Waals surface area contributed by atoms with E-state index in [1.165, 1.54) is 12.1 Å². The molecule has 0 radical (unpaired) electrons. The summed E-state index contributed by atoms with van der Waals surface area (Å²) in [6.07, 6.45) is 1.68. The predicted molar refractivity (Wildman–Crippen MR) is 61.8 cm³/mol. The Kier molecular flexibility index (Phi) is 2.86. The van der Waals surface area contributed by atoms with E-state index in [-0.39, 0.29) is 11.4 Å². The van der Waals surface area contributed by atoms with Gasteiger partial charge in [-0.1, -0.05) is 18.2 Å². The number of benzene rings is 1. The zero-order valence-electron chi connectivity index (χ0n) is 8.98. The maximum absolute atomic E-state index is 13.5. The third-order valence-corrected chi connectivity index (χ3v) is 2.51. The number of rotatable bonds is 2. The highest BCUT2D eigenvalue weighted by molar-refractivity contribution is 5.62. The van der Waals surface area contributed by atoms with Crippen molar-refractivity contribution < 1.29 is 4.39 Å². The van der Waals surface area contributed by atoms with Crippen molar-refractivity contribution in [1.29, 1.82) is 0 Å². The molecular weight excluding hydrogens is 205 g/mol. The van der Waals surface area contributed by atoms with Crippen LogP contribution in [-0.4, -0.2) is 4.57 Å². The SMILES string of the molecule is CCn1cc(-c2ccccc2F)ccc1=O. The highest BCUT2D eigenvalue weighted by atomic mass is 19.1. The lowest BCUT2D eigenvalue weighted by Gasteiger charge is -2.06. The van der Waals surface area contributed by atoms with Crippen LogP contribution in [0.2, 0.25) is 0 Å². The molecule has 0 bridgehead atoms. The number of halogens is 1. The van der Waals surface area contributed by atoms with Crippen molar-refractivity contribution in [2.45, 2.75) is 13.5 Å². The fourth-order valence-corrected chi connectivity index (χ4v) is 1.63. The van der Waals surface area contributed by atoms with E-state index in [0.717, 1.165) is 5.56 Å². The van der Waals surface area contributed by atoms with Gasteiger partial charge in [0.2, 0.25) is 0 Å². The Morgan fingerprint density at radius 3 is 2.62 bits per heavy atom. The summed E-state index contributed by atoms with van der Waals surface area (Å²) in [4.78, 5) is 11.4. The van der Waals surface area contributed by atoms with E-state index >= 15 is 0 Å². The minimum Gasteiger partial charge on any atom is -0.315 e. The van der Waals surface area contributed by atoms with E-state index in [1.54, 1.807) is 35.0 Å². The largest absolute Gasteiger partial charge is 0.315 e. The number of hydrogen-bond acceptors (Lipinski definition) is 1. The third-order valence-electron chi connectivity index (χ3n) is 2.51. The smallest absolute Gasteiger partial charge is 0.250 e. The van der Waals surface area contributed by atoms with Crippen molar-refractivity contribution in [3.05, 3.63) is 58.8 Å². The standard InChI is InChI=1S/C13H12FNO/c1-2-15-9-10(7-8-13(15)16)11-5-3-4-6-12(11)14/h3-9H,2H2,1H3. The summed E-state index contributed by atoms with van der Waals surface area (Å²) in [6, 6.07) is 9.65. The van der Waals surface area contributed by atoms with Crippen LogP contribution in [0.25, 0.3) is 11.1 Å². The Labute approximate surface area is 93.0 Å². The van der Waals surface area contributed by atoms with E-state index < -0.39 is 0 Å². The van der Waals surface area contributed by atoms with Crippen LogP contribution in [-0.2, 0) is 6.54 Å². The van der Waals surface area contributed by atoms with Gasteiger partial charge in [0.25, 0.3) is 5.56 Å². The van der Waals surface area contributed by atoms with E-state index in [2.05, 4.69) is 0 Å². The minimum atomic E-state index is -0.274. The molecular formula is C13H12FNO. The second-order valence-electron chi connectivity index (χ2n) is 3.52. The molecule has 2 rings (SSSR count). The van der Waals surface area contributed by atoms with Crippen LogP contribution in [0.1, 0.15) is 6.92 Å². The highest BCUT2D eigenvalue weighted by Crippen LogP contribution is 2.20. The maximum Gasteiger partial charge on any atom is 0.250 e. The van der Waals surface area contributed by atoms with E-state index in [0.29, 0.717) is 12.1 Å². The summed E-state index contributed by atoms with van der Waals surface area (Å²) in [7, 11) is 0. The molecule has 0 saturated carbocycles. The quantitative estimate of drug-likeness (QED) is 0.758. The average molecular weight is 217 g/mol. The van der Waals surface area contributed by atoms with Crippen LogP contribution < -0.4 is 5.56 Å². The van der Waals surface area contributed by atoms with Gasteiger partial charge < -0.3 is 4.57 Å². The van der Waals surface area contributed by atoms with Crippen molar-refractivity contribution in [3.63, 3.8) is 0 Å². The molecule has 0 aliphatic carbocycles. The molecule has 0 atom stereocenters. The normalized spacial score (nSPS) is 10.4. The lowest BCUT2D eigenvalue weighted by Crippen LogP contribution is -2.17. The fraction of sp³-hybridized carbons (Fsp3) is 0.154. The van der Waals surface area contributed by atoms with Gasteiger partial charge in [0.1, 0.15) is 5.82 Å². The molecule has 1 aromatic carbocycles. The number of pyridine rings is 1. The van der Waals surface area contributed by atoms with Crippen LogP contribution in [0.4, 0.5) is 4.39 Å². The number of aryl methyl sites for hydroxylation is 1. The number of nitrogens with zero attached hydrogens (tertiary/aromatic N) is 1. The van der Waals surface area contributed by atoms with Gasteiger partial charge in [0, 0.05) is 29.9 Å². The first-order chi connectivity index (χ1) is 7.72. The van der Waals surface area contributed by atoms with Crippen molar-refractivity contribution in [3.8, 4) is 11.1 Å². The monoisotopic (exact) mass is 217 g/mol. The molecule has 2 aromatic rings. The first-order valence-electron chi connectivity index (χ1n) is 5.17. The molecule has 82 valence electrons. The van der Waals surface area contributed by atoms with E-state index in [1.807, 2.05) is 6.92 Å². The van der Waals surface area contributed by atoms with Gasteiger partial charge in [-0.05, 0) is 19.1 Å². The molecule has 1 heterocycles. The van der Waals surface area contributed by atoms with Crippen molar-refractivity contribution in [2.75, 3.05) is 0 Å². The van der Waals surface area contributed by atoms with Crippen LogP contribution >= 0.6 is 0 Å². The summed E-state index contributed by atoms with van der Waals surface area (Å²) in [5.74, 6) is -0.274. The molecule has 2 nitrogen and oxygen atoms in total. The van der Waals surface area contributed by atoms with E-state index in [9.17, 15) is 9.18 Å². The van der Waals surface area contributed by atoms with Gasteiger partial charge >= 0.3 is 0 Å². The van der Waals surface area contributed by atoms with Crippen molar-refractivity contribution in [2.24, 2.45) is 0 Å². The fourth-order valence-electron chi connectivity index (χ4n) is 1.63. The molecule has 16 heavy (non-hydrogen) atoms. The van der Waals surface area contributed by atoms with Crippen molar-refractivity contribution in [1.82, 2.24) is 4.57 Å². The Balaban J connectivity index is 2.57. The average Bonchev–Trinajstić information content (AvgIpc) is 2.31. The molecule has 1 aromatic heterocycles. The zero-order chi connectivity index (χ0) is 11.5. The first kappa shape index (κ1) is 10.6. The predicted octanol–water partition coefficient (Wildman–Crippen LogP) is 2.67. The molecule has 0 saturated heterocycles. The molecule has 0 fully saturated rings.